The number of hydrogen-bond donors (Lipinski definition) is 2. The number of esters is 1. The van der Waals surface area contributed by atoms with Gasteiger partial charge in [-0.05, 0) is 32.0 Å². The lowest BCUT2D eigenvalue weighted by molar-refractivity contribution is -0.141. The molecule has 0 radical (unpaired) electrons. The molecule has 0 spiro atoms. The topological polar surface area (TPSA) is 67.0 Å². The summed E-state index contributed by atoms with van der Waals surface area (Å²) in [5.41, 5.74) is 2.72. The first-order valence-corrected chi connectivity index (χ1v) is 5.41. The van der Waals surface area contributed by atoms with Gasteiger partial charge in [0.2, 0.25) is 0 Å². The molecule has 0 fully saturated rings. The Bertz CT molecular complexity index is 548. The van der Waals surface area contributed by atoms with Crippen molar-refractivity contribution >= 4 is 22.7 Å². The van der Waals surface area contributed by atoms with Gasteiger partial charge in [-0.15, -0.1) is 0 Å². The quantitative estimate of drug-likeness (QED) is 0.794. The summed E-state index contributed by atoms with van der Waals surface area (Å²) in [6.45, 7) is 3.67. The van der Waals surface area contributed by atoms with E-state index in [4.69, 9.17) is 0 Å². The van der Waals surface area contributed by atoms with Crippen LogP contribution < -0.4 is 5.32 Å². The van der Waals surface area contributed by atoms with E-state index < -0.39 is 0 Å². The molecule has 1 heterocycles. The highest BCUT2D eigenvalue weighted by Crippen LogP contribution is 2.17. The van der Waals surface area contributed by atoms with Crippen molar-refractivity contribution < 1.29 is 9.53 Å². The molecule has 0 aliphatic carbocycles. The van der Waals surface area contributed by atoms with E-state index in [0.29, 0.717) is 0 Å². The molecule has 0 aliphatic heterocycles. The van der Waals surface area contributed by atoms with Crippen LogP contribution in [-0.4, -0.2) is 29.1 Å². The third-order valence-electron chi connectivity index (χ3n) is 2.54. The Balaban J connectivity index is 2.21. The number of aromatic amines is 1. The Labute approximate surface area is 99.2 Å². The first kappa shape index (κ1) is 11.4. The van der Waals surface area contributed by atoms with Crippen molar-refractivity contribution in [1.82, 2.24) is 9.97 Å². The number of fused-ring (bicyclic) bond motifs is 1. The summed E-state index contributed by atoms with van der Waals surface area (Å²) >= 11 is 0. The van der Waals surface area contributed by atoms with E-state index in [-0.39, 0.29) is 12.0 Å². The van der Waals surface area contributed by atoms with Crippen molar-refractivity contribution in [2.45, 2.75) is 19.9 Å². The second kappa shape index (κ2) is 4.45. The number of rotatable bonds is 3. The minimum Gasteiger partial charge on any atom is -0.467 e. The van der Waals surface area contributed by atoms with Gasteiger partial charge >= 0.3 is 5.97 Å². The number of aromatic nitrogens is 2. The van der Waals surface area contributed by atoms with Crippen molar-refractivity contribution in [3.8, 4) is 0 Å². The van der Waals surface area contributed by atoms with Gasteiger partial charge in [0.1, 0.15) is 11.9 Å². The van der Waals surface area contributed by atoms with Gasteiger partial charge in [-0.2, -0.15) is 0 Å². The van der Waals surface area contributed by atoms with E-state index in [1.54, 1.807) is 6.92 Å². The molecule has 2 aromatic rings. The van der Waals surface area contributed by atoms with E-state index in [9.17, 15) is 4.79 Å². The summed E-state index contributed by atoms with van der Waals surface area (Å²) in [6, 6.07) is 5.35. The average molecular weight is 233 g/mol. The number of benzene rings is 1. The Hall–Kier alpha value is -2.04. The van der Waals surface area contributed by atoms with Crippen LogP contribution in [0.5, 0.6) is 0 Å². The van der Waals surface area contributed by atoms with Crippen LogP contribution in [0.3, 0.4) is 0 Å². The van der Waals surface area contributed by atoms with Crippen molar-refractivity contribution in [1.29, 1.82) is 0 Å². The van der Waals surface area contributed by atoms with Gasteiger partial charge in [0, 0.05) is 5.69 Å². The SMILES string of the molecule is COC(=O)C(C)Nc1ccc2nc(C)[nH]c2c1. The number of anilines is 1. The summed E-state index contributed by atoms with van der Waals surface area (Å²) in [7, 11) is 1.38. The summed E-state index contributed by atoms with van der Waals surface area (Å²) < 4.78 is 4.65. The third-order valence-corrected chi connectivity index (χ3v) is 2.54. The van der Waals surface area contributed by atoms with Gasteiger partial charge < -0.3 is 15.0 Å². The Morgan fingerprint density at radius 1 is 1.53 bits per heavy atom. The highest BCUT2D eigenvalue weighted by Gasteiger charge is 2.12. The van der Waals surface area contributed by atoms with Crippen LogP contribution in [0.4, 0.5) is 5.69 Å². The lowest BCUT2D eigenvalue weighted by Crippen LogP contribution is -2.27. The van der Waals surface area contributed by atoms with E-state index in [1.165, 1.54) is 7.11 Å². The molecule has 2 rings (SSSR count). The number of hydrogen-bond acceptors (Lipinski definition) is 4. The number of aryl methyl sites for hydroxylation is 1. The van der Waals surface area contributed by atoms with Gasteiger partial charge in [0.25, 0.3) is 0 Å². The maximum atomic E-state index is 11.3. The summed E-state index contributed by atoms with van der Waals surface area (Å²) in [6.07, 6.45) is 0. The first-order chi connectivity index (χ1) is 8.10. The molecule has 0 bridgehead atoms. The number of nitrogens with zero attached hydrogens (tertiary/aromatic N) is 1. The zero-order valence-corrected chi connectivity index (χ0v) is 10.1. The monoisotopic (exact) mass is 233 g/mol. The minimum absolute atomic E-state index is 0.286. The molecule has 1 unspecified atom stereocenters. The molecule has 90 valence electrons. The Morgan fingerprint density at radius 3 is 3.00 bits per heavy atom. The van der Waals surface area contributed by atoms with Crippen molar-refractivity contribution in [3.05, 3.63) is 24.0 Å². The average Bonchev–Trinajstić information content (AvgIpc) is 2.67. The fraction of sp³-hybridized carbons (Fsp3) is 0.333. The maximum absolute atomic E-state index is 11.3. The fourth-order valence-corrected chi connectivity index (χ4v) is 1.71. The smallest absolute Gasteiger partial charge is 0.327 e. The van der Waals surface area contributed by atoms with Crippen LogP contribution >= 0.6 is 0 Å². The second-order valence-corrected chi connectivity index (χ2v) is 3.94. The molecule has 17 heavy (non-hydrogen) atoms. The highest BCUT2D eigenvalue weighted by atomic mass is 16.5. The molecule has 0 aliphatic rings. The predicted molar refractivity (Wildman–Crippen MR) is 65.9 cm³/mol. The number of nitrogens with one attached hydrogen (secondary N) is 2. The lowest BCUT2D eigenvalue weighted by atomic mass is 10.2. The molecule has 5 nitrogen and oxygen atoms in total. The number of ether oxygens (including phenoxy) is 1. The van der Waals surface area contributed by atoms with Crippen LogP contribution in [0, 0.1) is 6.92 Å². The van der Waals surface area contributed by atoms with Crippen LogP contribution in [-0.2, 0) is 9.53 Å². The standard InChI is InChI=1S/C12H15N3O2/c1-7(12(16)17-3)13-9-4-5-10-11(6-9)15-8(2)14-10/h4-7,13H,1-3H3,(H,14,15). The van der Waals surface area contributed by atoms with Crippen molar-refractivity contribution in [2.75, 3.05) is 12.4 Å². The van der Waals surface area contributed by atoms with Crippen molar-refractivity contribution in [3.63, 3.8) is 0 Å². The highest BCUT2D eigenvalue weighted by molar-refractivity contribution is 5.82. The van der Waals surface area contributed by atoms with E-state index >= 15 is 0 Å². The van der Waals surface area contributed by atoms with Gasteiger partial charge in [-0.1, -0.05) is 0 Å². The van der Waals surface area contributed by atoms with Crippen LogP contribution in [0.15, 0.2) is 18.2 Å². The Kier molecular flexibility index (Phi) is 2.99. The number of methoxy groups -OCH3 is 1. The predicted octanol–water partition coefficient (Wildman–Crippen LogP) is 1.84. The third kappa shape index (κ3) is 2.38. The molecule has 0 amide bonds. The molecule has 2 N–H and O–H groups in total. The number of carbonyl (C=O) groups is 1. The largest absolute Gasteiger partial charge is 0.467 e. The molecular formula is C12H15N3O2. The zero-order valence-electron chi connectivity index (χ0n) is 10.1. The number of carbonyl (C=O) groups excluding carboxylic acids is 1. The minimum atomic E-state index is -0.374. The molecule has 1 atom stereocenters. The summed E-state index contributed by atoms with van der Waals surface area (Å²) in [5, 5.41) is 3.07. The molecule has 5 heteroatoms. The lowest BCUT2D eigenvalue weighted by Gasteiger charge is -2.12. The van der Waals surface area contributed by atoms with Crippen LogP contribution in [0.1, 0.15) is 12.7 Å². The van der Waals surface area contributed by atoms with Gasteiger partial charge in [0.15, 0.2) is 0 Å². The Morgan fingerprint density at radius 2 is 2.29 bits per heavy atom. The van der Waals surface area contributed by atoms with E-state index in [2.05, 4.69) is 20.0 Å². The van der Waals surface area contributed by atoms with Gasteiger partial charge in [-0.3, -0.25) is 0 Å². The molecule has 0 saturated carbocycles. The number of H-pyrrole nitrogens is 1. The van der Waals surface area contributed by atoms with Gasteiger partial charge in [0.05, 0.1) is 18.1 Å². The first-order valence-electron chi connectivity index (χ1n) is 5.41. The zero-order chi connectivity index (χ0) is 12.4. The fourth-order valence-electron chi connectivity index (χ4n) is 1.71. The van der Waals surface area contributed by atoms with Crippen molar-refractivity contribution in [2.24, 2.45) is 0 Å². The molecule has 1 aromatic heterocycles. The molecule has 1 aromatic carbocycles. The molecular weight excluding hydrogens is 218 g/mol. The summed E-state index contributed by atoms with van der Waals surface area (Å²) in [4.78, 5) is 18.7. The van der Waals surface area contributed by atoms with Crippen LogP contribution in [0.2, 0.25) is 0 Å². The number of imidazole rings is 1. The maximum Gasteiger partial charge on any atom is 0.327 e. The normalized spacial score (nSPS) is 12.4. The molecule has 0 saturated heterocycles. The summed E-state index contributed by atoms with van der Waals surface area (Å²) in [5.74, 6) is 0.587. The van der Waals surface area contributed by atoms with Gasteiger partial charge in [-0.25, -0.2) is 9.78 Å². The van der Waals surface area contributed by atoms with E-state index in [1.807, 2.05) is 25.1 Å². The van der Waals surface area contributed by atoms with E-state index in [0.717, 1.165) is 22.5 Å². The second-order valence-electron chi connectivity index (χ2n) is 3.94. The van der Waals surface area contributed by atoms with Crippen LogP contribution in [0.25, 0.3) is 11.0 Å².